The molecule has 0 aliphatic rings. The Balaban J connectivity index is 2.21. The van der Waals surface area contributed by atoms with Crippen LogP contribution in [0.1, 0.15) is 6.42 Å². The van der Waals surface area contributed by atoms with Crippen molar-refractivity contribution in [1.82, 2.24) is 4.98 Å². The Morgan fingerprint density at radius 2 is 2.31 bits per heavy atom. The number of rotatable bonds is 7. The van der Waals surface area contributed by atoms with E-state index in [0.717, 1.165) is 17.9 Å². The molecule has 0 aliphatic carbocycles. The Bertz CT molecular complexity index is 328. The molecule has 0 bridgehead atoms. The summed E-state index contributed by atoms with van der Waals surface area (Å²) in [5.41, 5.74) is 0. The van der Waals surface area contributed by atoms with Crippen LogP contribution < -0.4 is 5.32 Å². The highest BCUT2D eigenvalue weighted by Gasteiger charge is 2.03. The number of pyridine rings is 1. The predicted octanol–water partition coefficient (Wildman–Crippen LogP) is 2.40. The fourth-order valence-corrected chi connectivity index (χ4v) is 1.98. The van der Waals surface area contributed by atoms with E-state index < -0.39 is 5.82 Å². The summed E-state index contributed by atoms with van der Waals surface area (Å²) in [6, 6.07) is 1.23. The maximum atomic E-state index is 13.2. The van der Waals surface area contributed by atoms with Crippen LogP contribution in [0.4, 0.5) is 10.2 Å². The molecular weight excluding hydrogens is 251 g/mol. The first-order valence-corrected chi connectivity index (χ1v) is 6.51. The predicted molar refractivity (Wildman–Crippen MR) is 66.7 cm³/mol. The third-order valence-electron chi connectivity index (χ3n) is 1.79. The number of anilines is 1. The molecular formula is C10H14ClFN2OS. The summed E-state index contributed by atoms with van der Waals surface area (Å²) in [4.78, 5) is 3.84. The molecule has 1 aromatic heterocycles. The first-order chi connectivity index (χ1) is 7.74. The van der Waals surface area contributed by atoms with Gasteiger partial charge in [-0.05, 0) is 18.2 Å². The third-order valence-corrected chi connectivity index (χ3v) is 3.07. The Morgan fingerprint density at radius 1 is 1.50 bits per heavy atom. The molecule has 1 aromatic rings. The van der Waals surface area contributed by atoms with Crippen LogP contribution in [-0.4, -0.2) is 34.7 Å². The van der Waals surface area contributed by atoms with Gasteiger partial charge in [-0.1, -0.05) is 11.6 Å². The molecule has 6 heteroatoms. The van der Waals surface area contributed by atoms with Crippen LogP contribution in [0.2, 0.25) is 5.02 Å². The molecule has 1 rings (SSSR count). The highest BCUT2D eigenvalue weighted by molar-refractivity contribution is 7.99. The maximum Gasteiger partial charge on any atom is 0.166 e. The molecule has 0 radical (unpaired) electrons. The summed E-state index contributed by atoms with van der Waals surface area (Å²) < 4.78 is 13.2. The molecule has 16 heavy (non-hydrogen) atoms. The largest absolute Gasteiger partial charge is 0.396 e. The molecule has 1 heterocycles. The number of hydrogen-bond acceptors (Lipinski definition) is 4. The average molecular weight is 265 g/mol. The molecule has 0 saturated heterocycles. The zero-order valence-electron chi connectivity index (χ0n) is 8.75. The van der Waals surface area contributed by atoms with Crippen molar-refractivity contribution in [3.8, 4) is 0 Å². The van der Waals surface area contributed by atoms with Gasteiger partial charge in [0.25, 0.3) is 0 Å². The summed E-state index contributed by atoms with van der Waals surface area (Å²) >= 11 is 7.28. The molecule has 0 unspecified atom stereocenters. The topological polar surface area (TPSA) is 45.1 Å². The lowest BCUT2D eigenvalue weighted by Crippen LogP contribution is -2.07. The Labute approximate surface area is 103 Å². The van der Waals surface area contributed by atoms with E-state index in [1.165, 1.54) is 12.3 Å². The second-order valence-corrected chi connectivity index (χ2v) is 4.76. The van der Waals surface area contributed by atoms with Gasteiger partial charge >= 0.3 is 0 Å². The van der Waals surface area contributed by atoms with Crippen LogP contribution in [0.5, 0.6) is 0 Å². The molecule has 3 nitrogen and oxygen atoms in total. The Hall–Kier alpha value is -0.520. The van der Waals surface area contributed by atoms with E-state index in [0.29, 0.717) is 11.6 Å². The van der Waals surface area contributed by atoms with Gasteiger partial charge < -0.3 is 10.4 Å². The normalized spacial score (nSPS) is 10.4. The van der Waals surface area contributed by atoms with Gasteiger partial charge in [0.1, 0.15) is 0 Å². The van der Waals surface area contributed by atoms with Crippen molar-refractivity contribution in [2.75, 3.05) is 30.0 Å². The first kappa shape index (κ1) is 13.5. The Morgan fingerprint density at radius 3 is 3.00 bits per heavy atom. The minimum Gasteiger partial charge on any atom is -0.396 e. The number of nitrogens with one attached hydrogen (secondary N) is 1. The zero-order valence-corrected chi connectivity index (χ0v) is 10.3. The second-order valence-electron chi connectivity index (χ2n) is 3.10. The number of aliphatic hydroxyl groups excluding tert-OH is 1. The number of hydrogen-bond donors (Lipinski definition) is 2. The summed E-state index contributed by atoms with van der Waals surface area (Å²) in [7, 11) is 0. The van der Waals surface area contributed by atoms with Crippen molar-refractivity contribution < 1.29 is 9.50 Å². The smallest absolute Gasteiger partial charge is 0.166 e. The lowest BCUT2D eigenvalue weighted by molar-refractivity contribution is 0.296. The fraction of sp³-hybridized carbons (Fsp3) is 0.500. The molecule has 0 aromatic carbocycles. The summed E-state index contributed by atoms with van der Waals surface area (Å²) in [6.45, 7) is 0.857. The van der Waals surface area contributed by atoms with E-state index in [1.807, 2.05) is 0 Å². The lowest BCUT2D eigenvalue weighted by Gasteiger charge is -2.06. The molecule has 2 N–H and O–H groups in total. The molecule has 0 saturated carbocycles. The fourth-order valence-electron chi connectivity index (χ4n) is 1.05. The summed E-state index contributed by atoms with van der Waals surface area (Å²) in [6.07, 6.45) is 2.20. The van der Waals surface area contributed by atoms with Crippen molar-refractivity contribution in [3.63, 3.8) is 0 Å². The quantitative estimate of drug-likeness (QED) is 0.743. The van der Waals surface area contributed by atoms with Gasteiger partial charge in [0.15, 0.2) is 11.6 Å². The van der Waals surface area contributed by atoms with Gasteiger partial charge in [-0.2, -0.15) is 11.8 Å². The molecule has 0 spiro atoms. The minimum atomic E-state index is -0.437. The van der Waals surface area contributed by atoms with Crippen molar-refractivity contribution in [3.05, 3.63) is 23.1 Å². The van der Waals surface area contributed by atoms with E-state index in [4.69, 9.17) is 16.7 Å². The van der Waals surface area contributed by atoms with E-state index in [-0.39, 0.29) is 12.4 Å². The van der Waals surface area contributed by atoms with Crippen molar-refractivity contribution in [1.29, 1.82) is 0 Å². The summed E-state index contributed by atoms with van der Waals surface area (Å²) in [5.74, 6) is 1.55. The zero-order chi connectivity index (χ0) is 11.8. The molecule has 0 aliphatic heterocycles. The van der Waals surface area contributed by atoms with Gasteiger partial charge in [-0.15, -0.1) is 0 Å². The molecule has 0 fully saturated rings. The SMILES string of the molecule is OCCCSCCNc1ncc(Cl)cc1F. The number of halogens is 2. The van der Waals surface area contributed by atoms with E-state index in [2.05, 4.69) is 10.3 Å². The minimum absolute atomic E-state index is 0.216. The van der Waals surface area contributed by atoms with Crippen molar-refractivity contribution >= 4 is 29.2 Å². The van der Waals surface area contributed by atoms with Gasteiger partial charge in [0.2, 0.25) is 0 Å². The van der Waals surface area contributed by atoms with E-state index in [1.54, 1.807) is 11.8 Å². The van der Waals surface area contributed by atoms with Crippen LogP contribution in [0.25, 0.3) is 0 Å². The highest BCUT2D eigenvalue weighted by atomic mass is 35.5. The van der Waals surface area contributed by atoms with Crippen molar-refractivity contribution in [2.45, 2.75) is 6.42 Å². The van der Waals surface area contributed by atoms with Crippen molar-refractivity contribution in [2.24, 2.45) is 0 Å². The van der Waals surface area contributed by atoms with Crippen LogP contribution in [0, 0.1) is 5.82 Å². The number of thioether (sulfide) groups is 1. The molecule has 0 atom stereocenters. The monoisotopic (exact) mass is 264 g/mol. The highest BCUT2D eigenvalue weighted by Crippen LogP contribution is 2.15. The third kappa shape index (κ3) is 5.01. The van der Waals surface area contributed by atoms with Gasteiger partial charge in [-0.25, -0.2) is 9.37 Å². The van der Waals surface area contributed by atoms with Crippen LogP contribution in [-0.2, 0) is 0 Å². The molecule has 0 amide bonds. The summed E-state index contributed by atoms with van der Waals surface area (Å²) in [5, 5.41) is 11.7. The standard InChI is InChI=1S/C10H14ClFN2OS/c11-8-6-9(12)10(14-7-8)13-2-5-16-4-1-3-15/h6-7,15H,1-5H2,(H,13,14). The number of aromatic nitrogens is 1. The van der Waals surface area contributed by atoms with Crippen LogP contribution >= 0.6 is 23.4 Å². The van der Waals surface area contributed by atoms with Crippen LogP contribution in [0.3, 0.4) is 0 Å². The first-order valence-electron chi connectivity index (χ1n) is 4.97. The maximum absolute atomic E-state index is 13.2. The van der Waals surface area contributed by atoms with E-state index in [9.17, 15) is 4.39 Å². The van der Waals surface area contributed by atoms with Gasteiger partial charge in [0, 0.05) is 25.1 Å². The number of nitrogens with zero attached hydrogens (tertiary/aromatic N) is 1. The second kappa shape index (κ2) is 7.70. The van der Waals surface area contributed by atoms with Gasteiger partial charge in [-0.3, -0.25) is 0 Å². The average Bonchev–Trinajstić information content (AvgIpc) is 2.26. The van der Waals surface area contributed by atoms with Gasteiger partial charge in [0.05, 0.1) is 5.02 Å². The lowest BCUT2D eigenvalue weighted by atomic mass is 10.4. The Kier molecular flexibility index (Phi) is 6.52. The number of aliphatic hydroxyl groups is 1. The molecule has 90 valence electrons. The van der Waals surface area contributed by atoms with Crippen LogP contribution in [0.15, 0.2) is 12.3 Å². The van der Waals surface area contributed by atoms with E-state index >= 15 is 0 Å².